The van der Waals surface area contributed by atoms with Crippen molar-refractivity contribution < 1.29 is 14.6 Å². The van der Waals surface area contributed by atoms with Gasteiger partial charge in [0.1, 0.15) is 5.60 Å². The average Bonchev–Trinajstić information content (AvgIpc) is 2.46. The van der Waals surface area contributed by atoms with Crippen molar-refractivity contribution in [2.75, 3.05) is 6.54 Å². The molecule has 0 unspecified atom stereocenters. The van der Waals surface area contributed by atoms with Crippen molar-refractivity contribution in [1.29, 1.82) is 0 Å². The highest BCUT2D eigenvalue weighted by Crippen LogP contribution is 2.32. The fourth-order valence-electron chi connectivity index (χ4n) is 2.03. The van der Waals surface area contributed by atoms with E-state index in [4.69, 9.17) is 4.74 Å². The van der Waals surface area contributed by atoms with Crippen molar-refractivity contribution >= 4 is 18.7 Å². The first-order chi connectivity index (χ1) is 7.79. The van der Waals surface area contributed by atoms with E-state index < -0.39 is 5.60 Å². The molecule has 0 aliphatic heterocycles. The molecule has 1 aliphatic carbocycles. The molecule has 1 saturated carbocycles. The molecule has 4 nitrogen and oxygen atoms in total. The summed E-state index contributed by atoms with van der Waals surface area (Å²) >= 11 is 4.38. The topological polar surface area (TPSA) is 58.6 Å². The highest BCUT2D eigenvalue weighted by Gasteiger charge is 2.31. The van der Waals surface area contributed by atoms with E-state index in [0.29, 0.717) is 12.5 Å². The molecule has 0 aromatic carbocycles. The molecular formula is C12H23NO3S. The lowest BCUT2D eigenvalue weighted by molar-refractivity contribution is 0.0525. The van der Waals surface area contributed by atoms with Gasteiger partial charge < -0.3 is 15.2 Å². The maximum Gasteiger partial charge on any atom is 0.407 e. The van der Waals surface area contributed by atoms with Crippen LogP contribution >= 0.6 is 12.6 Å². The minimum atomic E-state index is -0.459. The molecule has 0 heterocycles. The van der Waals surface area contributed by atoms with Crippen molar-refractivity contribution in [1.82, 2.24) is 5.32 Å². The van der Waals surface area contributed by atoms with Crippen LogP contribution in [0.5, 0.6) is 0 Å². The van der Waals surface area contributed by atoms with Gasteiger partial charge in [0.2, 0.25) is 0 Å². The Morgan fingerprint density at radius 1 is 1.47 bits per heavy atom. The number of hydrogen-bond acceptors (Lipinski definition) is 4. The Balaban J connectivity index is 2.18. The second kappa shape index (κ2) is 5.96. The summed E-state index contributed by atoms with van der Waals surface area (Å²) in [4.78, 5) is 11.4. The van der Waals surface area contributed by atoms with Gasteiger partial charge in [0.15, 0.2) is 0 Å². The Morgan fingerprint density at radius 3 is 2.59 bits per heavy atom. The molecule has 0 aromatic rings. The van der Waals surface area contributed by atoms with Crippen LogP contribution in [0.4, 0.5) is 4.79 Å². The Morgan fingerprint density at radius 2 is 2.12 bits per heavy atom. The third-order valence-electron chi connectivity index (χ3n) is 2.89. The molecule has 2 N–H and O–H groups in total. The summed E-state index contributed by atoms with van der Waals surface area (Å²) in [7, 11) is 0. The van der Waals surface area contributed by atoms with Crippen LogP contribution in [-0.2, 0) is 4.74 Å². The van der Waals surface area contributed by atoms with E-state index in [0.717, 1.165) is 19.3 Å². The number of thiol groups is 1. The van der Waals surface area contributed by atoms with E-state index in [1.165, 1.54) is 0 Å². The van der Waals surface area contributed by atoms with Crippen LogP contribution in [0.2, 0.25) is 0 Å². The monoisotopic (exact) mass is 261 g/mol. The summed E-state index contributed by atoms with van der Waals surface area (Å²) in [6, 6.07) is 0. The predicted molar refractivity (Wildman–Crippen MR) is 70.4 cm³/mol. The summed E-state index contributed by atoms with van der Waals surface area (Å²) in [6.07, 6.45) is 1.94. The van der Waals surface area contributed by atoms with Gasteiger partial charge in [-0.1, -0.05) is 0 Å². The molecule has 1 aliphatic rings. The number of hydrogen-bond donors (Lipinski definition) is 3. The Kier molecular flexibility index (Phi) is 5.13. The zero-order valence-electron chi connectivity index (χ0n) is 10.8. The lowest BCUT2D eigenvalue weighted by Gasteiger charge is -2.21. The standard InChI is InChI=1S/C12H23NO3S/c1-12(2,3)16-11(15)13-7-6-8-4-5-9(14)10(8)17/h8-10,14,17H,4-7H2,1-3H3,(H,13,15)/t8-,9-,10-/m1/s1. The number of carbonyl (C=O) groups is 1. The maximum atomic E-state index is 11.4. The maximum absolute atomic E-state index is 11.4. The van der Waals surface area contributed by atoms with Crippen LogP contribution in [0.1, 0.15) is 40.0 Å². The van der Waals surface area contributed by atoms with Crippen LogP contribution in [-0.4, -0.2) is 34.7 Å². The van der Waals surface area contributed by atoms with Crippen molar-refractivity contribution in [3.05, 3.63) is 0 Å². The smallest absolute Gasteiger partial charge is 0.407 e. The van der Waals surface area contributed by atoms with E-state index in [-0.39, 0.29) is 17.4 Å². The number of nitrogens with one attached hydrogen (secondary N) is 1. The molecular weight excluding hydrogens is 238 g/mol. The Labute approximate surface area is 109 Å². The van der Waals surface area contributed by atoms with Gasteiger partial charge >= 0.3 is 6.09 Å². The summed E-state index contributed by atoms with van der Waals surface area (Å²) in [5.74, 6) is 0.378. The fraction of sp³-hybridized carbons (Fsp3) is 0.917. The van der Waals surface area contributed by atoms with Crippen molar-refractivity contribution in [3.63, 3.8) is 0 Å². The molecule has 1 rings (SSSR count). The van der Waals surface area contributed by atoms with E-state index in [1.807, 2.05) is 20.8 Å². The highest BCUT2D eigenvalue weighted by molar-refractivity contribution is 7.81. The van der Waals surface area contributed by atoms with E-state index in [1.54, 1.807) is 0 Å². The third kappa shape index (κ3) is 5.17. The van der Waals surface area contributed by atoms with Crippen molar-refractivity contribution in [3.8, 4) is 0 Å². The number of alkyl carbamates (subject to hydrolysis) is 1. The SMILES string of the molecule is CC(C)(C)OC(=O)NCC[C@H]1CC[C@@H](O)[C@@H]1S. The first-order valence-corrected chi connectivity index (χ1v) is 6.64. The minimum absolute atomic E-state index is 0.0374. The quantitative estimate of drug-likeness (QED) is 0.681. The lowest BCUT2D eigenvalue weighted by atomic mass is 10.0. The molecule has 3 atom stereocenters. The normalized spacial score (nSPS) is 29.1. The van der Waals surface area contributed by atoms with Crippen molar-refractivity contribution in [2.45, 2.75) is 57.0 Å². The number of carbonyl (C=O) groups excluding carboxylic acids is 1. The Hall–Kier alpha value is -0.420. The van der Waals surface area contributed by atoms with Gasteiger partial charge in [-0.2, -0.15) is 12.6 Å². The second-order valence-corrected chi connectivity index (χ2v) is 6.21. The Bertz CT molecular complexity index is 265. The summed E-state index contributed by atoms with van der Waals surface area (Å²) < 4.78 is 5.13. The molecule has 0 saturated heterocycles. The molecule has 100 valence electrons. The highest BCUT2D eigenvalue weighted by atomic mass is 32.1. The number of amides is 1. The molecule has 0 bridgehead atoms. The molecule has 0 radical (unpaired) electrons. The first kappa shape index (κ1) is 14.6. The van der Waals surface area contributed by atoms with Gasteiger partial charge in [0, 0.05) is 11.8 Å². The van der Waals surface area contributed by atoms with Crippen LogP contribution in [0, 0.1) is 5.92 Å². The minimum Gasteiger partial charge on any atom is -0.444 e. The average molecular weight is 261 g/mol. The lowest BCUT2D eigenvalue weighted by Crippen LogP contribution is -2.34. The molecule has 1 amide bonds. The number of rotatable bonds is 3. The predicted octanol–water partition coefficient (Wildman–Crippen LogP) is 1.97. The number of ether oxygens (including phenoxy) is 1. The van der Waals surface area contributed by atoms with Gasteiger partial charge in [0.05, 0.1) is 6.10 Å². The molecule has 1 fully saturated rings. The summed E-state index contributed by atoms with van der Waals surface area (Å²) in [5.41, 5.74) is -0.459. The largest absolute Gasteiger partial charge is 0.444 e. The third-order valence-corrected chi connectivity index (χ3v) is 3.66. The fourth-order valence-corrected chi connectivity index (χ4v) is 2.48. The summed E-state index contributed by atoms with van der Waals surface area (Å²) in [5, 5.41) is 12.3. The van der Waals surface area contributed by atoms with Crippen LogP contribution < -0.4 is 5.32 Å². The second-order valence-electron chi connectivity index (χ2n) is 5.61. The molecule has 17 heavy (non-hydrogen) atoms. The van der Waals surface area contributed by atoms with Gasteiger partial charge in [-0.05, 0) is 46.0 Å². The number of aliphatic hydroxyl groups excluding tert-OH is 1. The van der Waals surface area contributed by atoms with Crippen LogP contribution in [0.3, 0.4) is 0 Å². The van der Waals surface area contributed by atoms with Gasteiger partial charge in [-0.15, -0.1) is 0 Å². The van der Waals surface area contributed by atoms with Crippen LogP contribution in [0.25, 0.3) is 0 Å². The zero-order chi connectivity index (χ0) is 13.1. The molecule has 0 spiro atoms. The van der Waals surface area contributed by atoms with Crippen molar-refractivity contribution in [2.24, 2.45) is 5.92 Å². The zero-order valence-corrected chi connectivity index (χ0v) is 11.7. The van der Waals surface area contributed by atoms with Gasteiger partial charge in [-0.25, -0.2) is 4.79 Å². The molecule has 5 heteroatoms. The number of aliphatic hydroxyl groups is 1. The van der Waals surface area contributed by atoms with Crippen LogP contribution in [0.15, 0.2) is 0 Å². The first-order valence-electron chi connectivity index (χ1n) is 6.12. The van der Waals surface area contributed by atoms with Gasteiger partial charge in [-0.3, -0.25) is 0 Å². The molecule has 0 aromatic heterocycles. The van der Waals surface area contributed by atoms with E-state index >= 15 is 0 Å². The summed E-state index contributed by atoms with van der Waals surface area (Å²) in [6.45, 7) is 6.08. The van der Waals surface area contributed by atoms with E-state index in [9.17, 15) is 9.90 Å². The van der Waals surface area contributed by atoms with Gasteiger partial charge in [0.25, 0.3) is 0 Å². The van der Waals surface area contributed by atoms with E-state index in [2.05, 4.69) is 17.9 Å².